The van der Waals surface area contributed by atoms with Crippen molar-refractivity contribution in [3.63, 3.8) is 0 Å². The molecule has 8 nitrogen and oxygen atoms in total. The van der Waals surface area contributed by atoms with Crippen LogP contribution in [0, 0.1) is 5.82 Å². The molecule has 2 aromatic carbocycles. The van der Waals surface area contributed by atoms with Gasteiger partial charge in [-0.1, -0.05) is 29.3 Å². The van der Waals surface area contributed by atoms with Gasteiger partial charge in [0.15, 0.2) is 11.6 Å². The van der Waals surface area contributed by atoms with Crippen molar-refractivity contribution in [2.45, 2.75) is 50.7 Å². The van der Waals surface area contributed by atoms with Gasteiger partial charge in [-0.15, -0.1) is 24.8 Å². The Balaban J connectivity index is 0.00000242. The number of hydrogen-bond acceptors (Lipinski definition) is 6. The third kappa shape index (κ3) is 5.98. The molecule has 226 valence electrons. The van der Waals surface area contributed by atoms with Gasteiger partial charge in [0.25, 0.3) is 0 Å². The third-order valence-electron chi connectivity index (χ3n) is 7.68. The maximum absolute atomic E-state index is 14.1. The molecular formula is C29H32Cl4FN5O3. The van der Waals surface area contributed by atoms with Crippen LogP contribution in [0.2, 0.25) is 10.0 Å². The molecule has 2 aliphatic heterocycles. The Morgan fingerprint density at radius 1 is 1.14 bits per heavy atom. The number of anilines is 2. The molecule has 0 aliphatic carbocycles. The first kappa shape index (κ1) is 33.7. The summed E-state index contributed by atoms with van der Waals surface area (Å²) in [5.74, 6) is -0.384. The van der Waals surface area contributed by atoms with Gasteiger partial charge in [-0.25, -0.2) is 9.37 Å². The van der Waals surface area contributed by atoms with Gasteiger partial charge in [0, 0.05) is 41.1 Å². The van der Waals surface area contributed by atoms with Crippen molar-refractivity contribution in [3.8, 4) is 16.9 Å². The second-order valence-corrected chi connectivity index (χ2v) is 11.7. The number of carbonyl (C=O) groups is 2. The number of piperidine rings is 1. The highest BCUT2D eigenvalue weighted by molar-refractivity contribution is 6.36. The van der Waals surface area contributed by atoms with Crippen LogP contribution in [0.15, 0.2) is 42.6 Å². The average Bonchev–Trinajstić information content (AvgIpc) is 3.17. The SMILES string of the molecule is C[C@@H](Oc1cc(-c2ccc3c(c2)C2(CCN(C(=O)C(C)(C)N)CC2)C(=O)N3)cnc1N)c1c(Cl)ccc(F)c1Cl.Cl.Cl. The summed E-state index contributed by atoms with van der Waals surface area (Å²) < 4.78 is 20.1. The van der Waals surface area contributed by atoms with Gasteiger partial charge in [0.05, 0.1) is 16.0 Å². The average molecular weight is 659 g/mol. The van der Waals surface area contributed by atoms with Crippen molar-refractivity contribution in [1.29, 1.82) is 0 Å². The number of halogens is 5. The number of ether oxygens (including phenoxy) is 1. The largest absolute Gasteiger partial charge is 0.482 e. The predicted molar refractivity (Wildman–Crippen MR) is 168 cm³/mol. The van der Waals surface area contributed by atoms with Crippen LogP contribution >= 0.6 is 48.0 Å². The van der Waals surface area contributed by atoms with E-state index in [-0.39, 0.29) is 58.2 Å². The van der Waals surface area contributed by atoms with Gasteiger partial charge in [-0.3, -0.25) is 9.59 Å². The molecule has 3 aromatic rings. The van der Waals surface area contributed by atoms with E-state index in [0.29, 0.717) is 37.1 Å². The molecule has 0 bridgehead atoms. The zero-order chi connectivity index (χ0) is 29.0. The minimum absolute atomic E-state index is 0. The lowest BCUT2D eigenvalue weighted by Crippen LogP contribution is -2.56. The van der Waals surface area contributed by atoms with Crippen LogP contribution in [-0.4, -0.2) is 40.3 Å². The standard InChI is InChI=1S/C29H30Cl2FN5O3.2ClH/c1-15(23-19(30)5-6-20(32)24(23)31)40-22-13-17(14-35-25(22)33)16-4-7-21-18(12-16)29(26(38)36-21)8-10-37(11-9-29)27(39)28(2,3)34;;/h4-7,12-15H,8-11,34H2,1-3H3,(H2,33,35)(H,36,38);2*1H/t15-;;/m1../s1. The van der Waals surface area contributed by atoms with Gasteiger partial charge in [0.1, 0.15) is 11.9 Å². The molecule has 0 unspecified atom stereocenters. The molecule has 2 amide bonds. The Bertz CT molecular complexity index is 1520. The Labute approximate surface area is 266 Å². The number of carbonyl (C=O) groups excluding carboxylic acids is 2. The van der Waals surface area contributed by atoms with Crippen molar-refractivity contribution in [3.05, 3.63) is 69.6 Å². The number of benzene rings is 2. The third-order valence-corrected chi connectivity index (χ3v) is 8.39. The summed E-state index contributed by atoms with van der Waals surface area (Å²) in [6.45, 7) is 5.93. The normalized spacial score (nSPS) is 16.2. The number of pyridine rings is 1. The molecule has 0 saturated carbocycles. The number of nitrogens with two attached hydrogens (primary N) is 2. The summed E-state index contributed by atoms with van der Waals surface area (Å²) >= 11 is 12.4. The van der Waals surface area contributed by atoms with Crippen molar-refractivity contribution in [2.24, 2.45) is 5.73 Å². The highest BCUT2D eigenvalue weighted by Gasteiger charge is 2.49. The first-order valence-electron chi connectivity index (χ1n) is 12.9. The fraction of sp³-hybridized carbons (Fsp3) is 0.345. The highest BCUT2D eigenvalue weighted by atomic mass is 35.5. The lowest BCUT2D eigenvalue weighted by molar-refractivity contribution is -0.139. The fourth-order valence-electron chi connectivity index (χ4n) is 5.46. The Kier molecular flexibility index (Phi) is 9.96. The van der Waals surface area contributed by atoms with Gasteiger partial charge in [-0.2, -0.15) is 0 Å². The number of amides is 2. The molecule has 3 heterocycles. The van der Waals surface area contributed by atoms with Crippen molar-refractivity contribution in [1.82, 2.24) is 9.88 Å². The number of aromatic nitrogens is 1. The summed E-state index contributed by atoms with van der Waals surface area (Å²) in [7, 11) is 0. The molecule has 42 heavy (non-hydrogen) atoms. The molecular weight excluding hydrogens is 627 g/mol. The molecule has 1 fully saturated rings. The maximum atomic E-state index is 14.1. The molecule has 1 saturated heterocycles. The van der Waals surface area contributed by atoms with E-state index in [1.54, 1.807) is 37.9 Å². The first-order valence-corrected chi connectivity index (χ1v) is 13.7. The molecule has 2 aliphatic rings. The van der Waals surface area contributed by atoms with Crippen LogP contribution < -0.4 is 21.5 Å². The van der Waals surface area contributed by atoms with E-state index in [1.807, 2.05) is 18.2 Å². The first-order chi connectivity index (χ1) is 18.8. The molecule has 1 spiro atoms. The molecule has 1 atom stereocenters. The summed E-state index contributed by atoms with van der Waals surface area (Å²) in [5, 5.41) is 3.16. The van der Waals surface area contributed by atoms with Gasteiger partial charge in [-0.05, 0) is 75.1 Å². The molecule has 1 aromatic heterocycles. The van der Waals surface area contributed by atoms with Crippen LogP contribution in [-0.2, 0) is 15.0 Å². The summed E-state index contributed by atoms with van der Waals surface area (Å²) in [6, 6.07) is 10.1. The highest BCUT2D eigenvalue weighted by Crippen LogP contribution is 2.47. The Hall–Kier alpha value is -2.82. The lowest BCUT2D eigenvalue weighted by atomic mass is 9.73. The minimum atomic E-state index is -0.974. The molecule has 5 N–H and O–H groups in total. The van der Waals surface area contributed by atoms with Gasteiger partial charge < -0.3 is 26.4 Å². The second-order valence-electron chi connectivity index (χ2n) is 10.9. The number of likely N-dealkylation sites (tertiary alicyclic amines) is 1. The topological polar surface area (TPSA) is 124 Å². The number of nitrogens with zero attached hydrogens (tertiary/aromatic N) is 2. The number of nitrogen functional groups attached to an aromatic ring is 1. The molecule has 0 radical (unpaired) electrons. The number of hydrogen-bond donors (Lipinski definition) is 3. The van der Waals surface area contributed by atoms with Gasteiger partial charge in [0.2, 0.25) is 11.8 Å². The molecule has 13 heteroatoms. The summed E-state index contributed by atoms with van der Waals surface area (Å²) in [5.41, 5.74) is 13.9. The lowest BCUT2D eigenvalue weighted by Gasteiger charge is -2.40. The zero-order valence-electron chi connectivity index (χ0n) is 23.2. The predicted octanol–water partition coefficient (Wildman–Crippen LogP) is 6.31. The van der Waals surface area contributed by atoms with Crippen molar-refractivity contribution >= 4 is 71.3 Å². The Morgan fingerprint density at radius 2 is 1.81 bits per heavy atom. The van der Waals surface area contributed by atoms with Gasteiger partial charge >= 0.3 is 0 Å². The zero-order valence-corrected chi connectivity index (χ0v) is 26.3. The van der Waals surface area contributed by atoms with E-state index in [0.717, 1.165) is 16.8 Å². The minimum Gasteiger partial charge on any atom is -0.482 e. The number of fused-ring (bicyclic) bond motifs is 2. The smallest absolute Gasteiger partial charge is 0.242 e. The van der Waals surface area contributed by atoms with Crippen LogP contribution in [0.25, 0.3) is 11.1 Å². The maximum Gasteiger partial charge on any atom is 0.242 e. The van der Waals surface area contributed by atoms with Crippen molar-refractivity contribution in [2.75, 3.05) is 24.1 Å². The van der Waals surface area contributed by atoms with Crippen LogP contribution in [0.3, 0.4) is 0 Å². The van der Waals surface area contributed by atoms with E-state index >= 15 is 0 Å². The summed E-state index contributed by atoms with van der Waals surface area (Å²) in [4.78, 5) is 32.0. The van der Waals surface area contributed by atoms with E-state index in [4.69, 9.17) is 39.4 Å². The Morgan fingerprint density at radius 3 is 2.45 bits per heavy atom. The number of rotatable bonds is 5. The fourth-order valence-corrected chi connectivity index (χ4v) is 6.14. The van der Waals surface area contributed by atoms with E-state index in [9.17, 15) is 14.0 Å². The van der Waals surface area contributed by atoms with E-state index < -0.39 is 22.9 Å². The monoisotopic (exact) mass is 657 g/mol. The number of nitrogens with one attached hydrogen (secondary N) is 1. The van der Waals surface area contributed by atoms with Crippen LogP contribution in [0.5, 0.6) is 5.75 Å². The van der Waals surface area contributed by atoms with Crippen LogP contribution in [0.1, 0.15) is 50.8 Å². The van der Waals surface area contributed by atoms with Crippen LogP contribution in [0.4, 0.5) is 15.9 Å². The van der Waals surface area contributed by atoms with Crippen molar-refractivity contribution < 1.29 is 18.7 Å². The molecule has 5 rings (SSSR count). The van der Waals surface area contributed by atoms with E-state index in [1.165, 1.54) is 12.1 Å². The second kappa shape index (κ2) is 12.4. The quantitative estimate of drug-likeness (QED) is 0.276. The van der Waals surface area contributed by atoms with E-state index in [2.05, 4.69) is 10.3 Å². The summed E-state index contributed by atoms with van der Waals surface area (Å²) in [6.07, 6.45) is 1.88.